The van der Waals surface area contributed by atoms with Crippen molar-refractivity contribution < 1.29 is 0 Å². The molecule has 0 N–H and O–H groups in total. The van der Waals surface area contributed by atoms with Gasteiger partial charge in [0.25, 0.3) is 0 Å². The smallest absolute Gasteiger partial charge is 0.0136 e. The highest BCUT2D eigenvalue weighted by Crippen LogP contribution is 2.46. The van der Waals surface area contributed by atoms with Crippen molar-refractivity contribution >= 4 is 0 Å². The van der Waals surface area contributed by atoms with E-state index in [1.54, 1.807) is 5.57 Å². The van der Waals surface area contributed by atoms with Crippen molar-refractivity contribution in [2.75, 3.05) is 0 Å². The van der Waals surface area contributed by atoms with Gasteiger partial charge in [0.1, 0.15) is 0 Å². The predicted octanol–water partition coefficient (Wildman–Crippen LogP) is 3.70. The monoisotopic (exact) mass is 174 g/mol. The first-order valence-electron chi connectivity index (χ1n) is 5.79. The van der Waals surface area contributed by atoms with Crippen molar-refractivity contribution in [1.82, 2.24) is 0 Å². The quantitative estimate of drug-likeness (QED) is 0.491. The highest BCUT2D eigenvalue weighted by Gasteiger charge is 2.33. The minimum absolute atomic E-state index is 0.935. The lowest BCUT2D eigenvalue weighted by Gasteiger charge is -2.33. The van der Waals surface area contributed by atoms with Gasteiger partial charge in [-0.3, -0.25) is 0 Å². The first-order valence-corrected chi connectivity index (χ1v) is 5.79. The van der Waals surface area contributed by atoms with Crippen molar-refractivity contribution in [2.24, 2.45) is 17.8 Å². The van der Waals surface area contributed by atoms with Crippen LogP contribution in [0.3, 0.4) is 0 Å². The fourth-order valence-corrected chi connectivity index (χ4v) is 3.47. The maximum absolute atomic E-state index is 2.63. The van der Waals surface area contributed by atoms with Gasteiger partial charge in [0.15, 0.2) is 0 Å². The average molecular weight is 174 g/mol. The molecule has 0 bridgehead atoms. The Bertz CT molecular complexity index is 259. The zero-order valence-corrected chi connectivity index (χ0v) is 8.21. The highest BCUT2D eigenvalue weighted by atomic mass is 14.4. The summed E-state index contributed by atoms with van der Waals surface area (Å²) in [6.45, 7) is 0. The summed E-state index contributed by atoms with van der Waals surface area (Å²) in [6, 6.07) is 0. The summed E-state index contributed by atoms with van der Waals surface area (Å²) in [5.41, 5.74) is 1.77. The SMILES string of the molecule is C1=CCC2CC3CCCC3C=C2C1. The van der Waals surface area contributed by atoms with E-state index in [1.165, 1.54) is 38.5 Å². The van der Waals surface area contributed by atoms with Gasteiger partial charge in [0, 0.05) is 0 Å². The lowest BCUT2D eigenvalue weighted by molar-refractivity contribution is 0.330. The summed E-state index contributed by atoms with van der Waals surface area (Å²) in [5, 5.41) is 0. The first kappa shape index (κ1) is 7.84. The number of hydrogen-bond acceptors (Lipinski definition) is 0. The van der Waals surface area contributed by atoms with E-state index in [4.69, 9.17) is 0 Å². The topological polar surface area (TPSA) is 0 Å². The van der Waals surface area contributed by atoms with Gasteiger partial charge in [-0.25, -0.2) is 0 Å². The molecule has 0 heteroatoms. The Morgan fingerprint density at radius 1 is 1.15 bits per heavy atom. The molecule has 0 heterocycles. The van der Waals surface area contributed by atoms with Crippen LogP contribution in [-0.4, -0.2) is 0 Å². The second-order valence-electron chi connectivity index (χ2n) is 4.94. The largest absolute Gasteiger partial charge is 0.0876 e. The van der Waals surface area contributed by atoms with Gasteiger partial charge in [0.2, 0.25) is 0 Å². The number of rotatable bonds is 0. The lowest BCUT2D eigenvalue weighted by atomic mass is 9.73. The highest BCUT2D eigenvalue weighted by molar-refractivity contribution is 5.22. The molecule has 1 fully saturated rings. The predicted molar refractivity (Wildman–Crippen MR) is 55.4 cm³/mol. The van der Waals surface area contributed by atoms with Crippen LogP contribution < -0.4 is 0 Å². The molecule has 3 aliphatic carbocycles. The van der Waals surface area contributed by atoms with E-state index in [9.17, 15) is 0 Å². The van der Waals surface area contributed by atoms with E-state index in [0.717, 1.165) is 17.8 Å². The fraction of sp³-hybridized carbons (Fsp3) is 0.692. The van der Waals surface area contributed by atoms with Crippen LogP contribution in [0, 0.1) is 17.8 Å². The van der Waals surface area contributed by atoms with Crippen LogP contribution in [0.2, 0.25) is 0 Å². The summed E-state index contributed by atoms with van der Waals surface area (Å²) in [4.78, 5) is 0. The van der Waals surface area contributed by atoms with Crippen molar-refractivity contribution in [3.05, 3.63) is 23.8 Å². The Hall–Kier alpha value is -0.520. The van der Waals surface area contributed by atoms with Crippen molar-refractivity contribution in [3.63, 3.8) is 0 Å². The Labute approximate surface area is 80.7 Å². The van der Waals surface area contributed by atoms with Crippen LogP contribution in [-0.2, 0) is 0 Å². The molecular weight excluding hydrogens is 156 g/mol. The van der Waals surface area contributed by atoms with E-state index < -0.39 is 0 Å². The van der Waals surface area contributed by atoms with Crippen molar-refractivity contribution in [2.45, 2.75) is 38.5 Å². The first-order chi connectivity index (χ1) is 6.43. The van der Waals surface area contributed by atoms with Crippen LogP contribution in [0.4, 0.5) is 0 Å². The summed E-state index contributed by atoms with van der Waals surface area (Å²) >= 11 is 0. The van der Waals surface area contributed by atoms with Gasteiger partial charge in [-0.05, 0) is 49.9 Å². The average Bonchev–Trinajstić information content (AvgIpc) is 2.61. The minimum atomic E-state index is 0.935. The Kier molecular flexibility index (Phi) is 1.81. The Balaban J connectivity index is 1.88. The molecule has 0 aromatic heterocycles. The summed E-state index contributed by atoms with van der Waals surface area (Å²) in [5.74, 6) is 2.96. The molecule has 0 saturated heterocycles. The molecule has 3 unspecified atom stereocenters. The summed E-state index contributed by atoms with van der Waals surface area (Å²) in [6.07, 6.45) is 15.9. The maximum Gasteiger partial charge on any atom is -0.0136 e. The third-order valence-corrected chi connectivity index (χ3v) is 4.20. The van der Waals surface area contributed by atoms with Crippen LogP contribution in [0.1, 0.15) is 38.5 Å². The standard InChI is InChI=1S/C13H18/c1-2-5-11-9-13-7-3-6-12(13)8-10(11)4-1/h1-2,8,11-13H,3-7,9H2. The van der Waals surface area contributed by atoms with Gasteiger partial charge >= 0.3 is 0 Å². The van der Waals surface area contributed by atoms with Gasteiger partial charge in [0.05, 0.1) is 0 Å². The Morgan fingerprint density at radius 2 is 2.15 bits per heavy atom. The molecule has 0 radical (unpaired) electrons. The van der Waals surface area contributed by atoms with E-state index >= 15 is 0 Å². The van der Waals surface area contributed by atoms with Crippen molar-refractivity contribution in [3.8, 4) is 0 Å². The molecule has 70 valence electrons. The number of fused-ring (bicyclic) bond motifs is 2. The third kappa shape index (κ3) is 1.27. The molecule has 1 saturated carbocycles. The molecule has 3 rings (SSSR count). The second kappa shape index (κ2) is 3.01. The molecule has 13 heavy (non-hydrogen) atoms. The second-order valence-corrected chi connectivity index (χ2v) is 4.94. The normalized spacial score (nSPS) is 42.5. The van der Waals surface area contributed by atoms with E-state index in [0.29, 0.717) is 0 Å². The van der Waals surface area contributed by atoms with Gasteiger partial charge in [-0.1, -0.05) is 30.2 Å². The van der Waals surface area contributed by atoms with E-state index in [-0.39, 0.29) is 0 Å². The summed E-state index contributed by atoms with van der Waals surface area (Å²) < 4.78 is 0. The van der Waals surface area contributed by atoms with E-state index in [1.807, 2.05) is 0 Å². The molecule has 0 amide bonds. The molecule has 0 aromatic rings. The van der Waals surface area contributed by atoms with E-state index in [2.05, 4.69) is 18.2 Å². The Morgan fingerprint density at radius 3 is 3.15 bits per heavy atom. The molecule has 0 spiro atoms. The van der Waals surface area contributed by atoms with Gasteiger partial charge in [-0.15, -0.1) is 0 Å². The molecular formula is C13H18. The van der Waals surface area contributed by atoms with Crippen LogP contribution in [0.15, 0.2) is 23.8 Å². The number of allylic oxidation sites excluding steroid dienone is 4. The van der Waals surface area contributed by atoms with Crippen LogP contribution >= 0.6 is 0 Å². The zero-order valence-electron chi connectivity index (χ0n) is 8.21. The fourth-order valence-electron chi connectivity index (χ4n) is 3.47. The molecule has 0 aromatic carbocycles. The van der Waals surface area contributed by atoms with Crippen molar-refractivity contribution in [1.29, 1.82) is 0 Å². The van der Waals surface area contributed by atoms with Crippen LogP contribution in [0.5, 0.6) is 0 Å². The molecule has 0 nitrogen and oxygen atoms in total. The summed E-state index contributed by atoms with van der Waals surface area (Å²) in [7, 11) is 0. The minimum Gasteiger partial charge on any atom is -0.0876 e. The maximum atomic E-state index is 2.63. The number of hydrogen-bond donors (Lipinski definition) is 0. The molecule has 0 aliphatic heterocycles. The lowest BCUT2D eigenvalue weighted by Crippen LogP contribution is -2.21. The molecule has 3 atom stereocenters. The third-order valence-electron chi connectivity index (χ3n) is 4.20. The van der Waals surface area contributed by atoms with Gasteiger partial charge in [-0.2, -0.15) is 0 Å². The zero-order chi connectivity index (χ0) is 8.67. The van der Waals surface area contributed by atoms with Crippen LogP contribution in [0.25, 0.3) is 0 Å². The molecule has 3 aliphatic rings. The van der Waals surface area contributed by atoms with Gasteiger partial charge < -0.3 is 0 Å².